The Morgan fingerprint density at radius 3 is 1.16 bits per heavy atom. The molecule has 1 aliphatic rings. The van der Waals surface area contributed by atoms with Crippen LogP contribution in [0, 0.1) is 32.6 Å². The van der Waals surface area contributed by atoms with E-state index in [2.05, 4.69) is 184 Å². The van der Waals surface area contributed by atoms with E-state index in [0.717, 1.165) is 17.1 Å². The van der Waals surface area contributed by atoms with Crippen LogP contribution in [0.15, 0.2) is 145 Å². The van der Waals surface area contributed by atoms with Gasteiger partial charge in [-0.3, -0.25) is 0 Å². The van der Waals surface area contributed by atoms with Crippen LogP contribution >= 0.6 is 0 Å². The van der Waals surface area contributed by atoms with E-state index in [4.69, 9.17) is 0 Å². The van der Waals surface area contributed by atoms with Gasteiger partial charge in [0, 0.05) is 44.3 Å². The average molecular weight is 585 g/mol. The number of fused-ring (bicyclic) bond motifs is 2. The average Bonchev–Trinajstić information content (AvgIpc) is 3.06. The molecule has 0 amide bonds. The van der Waals surface area contributed by atoms with E-state index in [9.17, 15) is 0 Å². The predicted octanol–water partition coefficient (Wildman–Crippen LogP) is 12.3. The van der Waals surface area contributed by atoms with Crippen LogP contribution in [0.1, 0.15) is 30.5 Å². The van der Waals surface area contributed by atoms with E-state index in [1.54, 1.807) is 0 Å². The van der Waals surface area contributed by atoms with Gasteiger partial charge in [0.25, 0.3) is 0 Å². The number of rotatable bonds is 6. The number of hydrogen-bond acceptors (Lipinski definition) is 2. The van der Waals surface area contributed by atoms with E-state index in [-0.39, 0.29) is 0 Å². The minimum absolute atomic E-state index is 0.438. The molecule has 6 aromatic carbocycles. The molecule has 2 heteroatoms. The van der Waals surface area contributed by atoms with E-state index < -0.39 is 0 Å². The first kappa shape index (κ1) is 28.7. The number of hydrogen-bond donors (Lipinski definition) is 0. The highest BCUT2D eigenvalue weighted by Gasteiger charge is 2.26. The lowest BCUT2D eigenvalue weighted by molar-refractivity contribution is 0.547. The number of anilines is 5. The first-order valence-corrected chi connectivity index (χ1v) is 16.0. The molecule has 1 aliphatic carbocycles. The molecule has 2 nitrogen and oxygen atoms in total. The molecule has 222 valence electrons. The molecule has 6 aromatic rings. The summed E-state index contributed by atoms with van der Waals surface area (Å²) in [5, 5.41) is 4.87. The molecule has 0 spiro atoms. The molecule has 0 heterocycles. The number of nitrogens with zero attached hydrogens (tertiary/aromatic N) is 2. The third-order valence-electron chi connectivity index (χ3n) is 9.29. The summed E-state index contributed by atoms with van der Waals surface area (Å²) in [7, 11) is 0. The van der Waals surface area contributed by atoms with Crippen molar-refractivity contribution in [1.29, 1.82) is 0 Å². The van der Waals surface area contributed by atoms with Crippen molar-refractivity contribution in [1.82, 2.24) is 0 Å². The van der Waals surface area contributed by atoms with E-state index in [1.165, 1.54) is 55.3 Å². The van der Waals surface area contributed by atoms with Gasteiger partial charge in [0.15, 0.2) is 0 Å². The third-order valence-corrected chi connectivity index (χ3v) is 9.29. The molecule has 45 heavy (non-hydrogen) atoms. The maximum absolute atomic E-state index is 2.48. The zero-order valence-electron chi connectivity index (χ0n) is 26.8. The van der Waals surface area contributed by atoms with Crippen LogP contribution in [-0.2, 0) is 0 Å². The summed E-state index contributed by atoms with van der Waals surface area (Å²) in [5.74, 6) is 0.940. The van der Waals surface area contributed by atoms with Gasteiger partial charge in [-0.15, -0.1) is 0 Å². The molecule has 7 rings (SSSR count). The van der Waals surface area contributed by atoms with Gasteiger partial charge in [0.1, 0.15) is 0 Å². The lowest BCUT2D eigenvalue weighted by Gasteiger charge is -2.34. The highest BCUT2D eigenvalue weighted by molar-refractivity contribution is 6.22. The molecule has 0 fully saturated rings. The maximum atomic E-state index is 2.48. The Balaban J connectivity index is 1.58. The lowest BCUT2D eigenvalue weighted by atomic mass is 9.89. The van der Waals surface area contributed by atoms with Gasteiger partial charge in [-0.1, -0.05) is 128 Å². The normalized spacial score (nSPS) is 16.2. The largest absolute Gasteiger partial charge is 0.310 e. The fraction of sp³-hybridized carbons (Fsp3) is 0.163. The fourth-order valence-corrected chi connectivity index (χ4v) is 6.51. The summed E-state index contributed by atoms with van der Waals surface area (Å²) in [6.45, 7) is 11.1. The summed E-state index contributed by atoms with van der Waals surface area (Å²) in [6.07, 6.45) is 7.11. The smallest absolute Gasteiger partial charge is 0.0619 e. The first-order chi connectivity index (χ1) is 21.9. The van der Waals surface area contributed by atoms with Gasteiger partial charge in [0.2, 0.25) is 0 Å². The number of allylic oxidation sites excluding steroid dienone is 3. The Bertz CT molecular complexity index is 1950. The van der Waals surface area contributed by atoms with Gasteiger partial charge >= 0.3 is 0 Å². The molecule has 0 saturated carbocycles. The van der Waals surface area contributed by atoms with Crippen molar-refractivity contribution in [3.05, 3.63) is 162 Å². The highest BCUT2D eigenvalue weighted by Crippen LogP contribution is 2.50. The quantitative estimate of drug-likeness (QED) is 0.142. The van der Waals surface area contributed by atoms with E-state index in [0.29, 0.717) is 11.8 Å². The Morgan fingerprint density at radius 2 is 0.778 bits per heavy atom. The van der Waals surface area contributed by atoms with Crippen LogP contribution < -0.4 is 9.80 Å². The second-order valence-electron chi connectivity index (χ2n) is 12.6. The molecule has 0 bridgehead atoms. The lowest BCUT2D eigenvalue weighted by Crippen LogP contribution is -2.21. The fourth-order valence-electron chi connectivity index (χ4n) is 6.51. The zero-order valence-corrected chi connectivity index (χ0v) is 26.8. The molecule has 0 radical (unpaired) electrons. The Labute approximate surface area is 267 Å². The van der Waals surface area contributed by atoms with E-state index in [1.807, 2.05) is 0 Å². The second-order valence-corrected chi connectivity index (χ2v) is 12.6. The highest BCUT2D eigenvalue weighted by atomic mass is 15.2. The van der Waals surface area contributed by atoms with Gasteiger partial charge in [0.05, 0.1) is 11.4 Å². The van der Waals surface area contributed by atoms with Gasteiger partial charge < -0.3 is 9.80 Å². The Hall–Kier alpha value is -5.08. The van der Waals surface area contributed by atoms with Crippen LogP contribution in [0.2, 0.25) is 0 Å². The molecule has 0 N–H and O–H groups in total. The molecule has 2 unspecified atom stereocenters. The zero-order chi connectivity index (χ0) is 31.1. The van der Waals surface area contributed by atoms with Crippen molar-refractivity contribution in [2.45, 2.75) is 34.6 Å². The Morgan fingerprint density at radius 1 is 0.422 bits per heavy atom. The van der Waals surface area contributed by atoms with Crippen molar-refractivity contribution in [3.8, 4) is 0 Å². The number of aryl methyl sites for hydroxylation is 3. The van der Waals surface area contributed by atoms with Crippen LogP contribution in [0.3, 0.4) is 0 Å². The summed E-state index contributed by atoms with van der Waals surface area (Å²) in [6, 6.07) is 44.6. The first-order valence-electron chi connectivity index (χ1n) is 16.0. The van der Waals surface area contributed by atoms with E-state index >= 15 is 0 Å². The summed E-state index contributed by atoms with van der Waals surface area (Å²) >= 11 is 0. The van der Waals surface area contributed by atoms with Gasteiger partial charge in [-0.25, -0.2) is 0 Å². The van der Waals surface area contributed by atoms with Crippen molar-refractivity contribution in [2.75, 3.05) is 9.80 Å². The predicted molar refractivity (Wildman–Crippen MR) is 194 cm³/mol. The Kier molecular flexibility index (Phi) is 7.51. The molecule has 0 aliphatic heterocycles. The second kappa shape index (κ2) is 11.8. The summed E-state index contributed by atoms with van der Waals surface area (Å²) < 4.78 is 0. The third kappa shape index (κ3) is 5.31. The van der Waals surface area contributed by atoms with Crippen LogP contribution in [-0.4, -0.2) is 0 Å². The summed E-state index contributed by atoms with van der Waals surface area (Å²) in [4.78, 5) is 4.92. The standard InChI is InChI=1S/C43H40N2/c1-29-14-21-34(22-15-29)44(35-23-16-30(2)17-24-35)42-38-10-6-8-12-40(38)43(41-13-9-7-11-39(41)42)45(36-25-18-31(3)19-26-36)37-27-20-32(4)33(5)28-37/h6-28,32-33H,1-5H3. The van der Waals surface area contributed by atoms with Gasteiger partial charge in [-0.2, -0.15) is 0 Å². The van der Waals surface area contributed by atoms with Crippen LogP contribution in [0.25, 0.3) is 21.5 Å². The number of benzene rings is 6. The van der Waals surface area contributed by atoms with Crippen LogP contribution in [0.4, 0.5) is 28.4 Å². The minimum Gasteiger partial charge on any atom is -0.310 e. The summed E-state index contributed by atoms with van der Waals surface area (Å²) in [5.41, 5.74) is 10.8. The SMILES string of the molecule is Cc1ccc(N(C2=CC(C)C(C)C=C2)c2c3ccccc3c(N(c3ccc(C)cc3)c3ccc(C)cc3)c3ccccc23)cc1. The molecular weight excluding hydrogens is 544 g/mol. The van der Waals surface area contributed by atoms with Crippen LogP contribution in [0.5, 0.6) is 0 Å². The molecule has 0 aromatic heterocycles. The van der Waals surface area contributed by atoms with Crippen molar-refractivity contribution in [3.63, 3.8) is 0 Å². The van der Waals surface area contributed by atoms with Crippen molar-refractivity contribution < 1.29 is 0 Å². The molecular formula is C43H40N2. The minimum atomic E-state index is 0.438. The van der Waals surface area contributed by atoms with Gasteiger partial charge in [-0.05, 0) is 75.1 Å². The maximum Gasteiger partial charge on any atom is 0.0619 e. The molecule has 2 atom stereocenters. The monoisotopic (exact) mass is 584 g/mol. The molecule has 0 saturated heterocycles. The van der Waals surface area contributed by atoms with Crippen molar-refractivity contribution in [2.24, 2.45) is 11.8 Å². The topological polar surface area (TPSA) is 6.48 Å². The van der Waals surface area contributed by atoms with Crippen molar-refractivity contribution >= 4 is 50.0 Å².